The summed E-state index contributed by atoms with van der Waals surface area (Å²) >= 11 is 0. The summed E-state index contributed by atoms with van der Waals surface area (Å²) in [5.74, 6) is -0.791. The fourth-order valence-electron chi connectivity index (χ4n) is 1.15. The summed E-state index contributed by atoms with van der Waals surface area (Å²) in [6, 6.07) is 1.77. The van der Waals surface area contributed by atoms with Gasteiger partial charge in [0.2, 0.25) is 5.88 Å². The Kier molecular flexibility index (Phi) is 4.49. The zero-order valence-corrected chi connectivity index (χ0v) is 9.29. The lowest BCUT2D eigenvalue weighted by Crippen LogP contribution is -2.17. The van der Waals surface area contributed by atoms with Crippen LogP contribution in [0.1, 0.15) is 17.7 Å². The van der Waals surface area contributed by atoms with Gasteiger partial charge in [-0.3, -0.25) is 5.41 Å². The van der Waals surface area contributed by atoms with Crippen molar-refractivity contribution >= 4 is 5.84 Å². The molecule has 0 atom stereocenters. The number of nitrogens with zero attached hydrogens (tertiary/aromatic N) is 1. The Morgan fingerprint density at radius 2 is 2.11 bits per heavy atom. The molecule has 0 aliphatic carbocycles. The number of hydrogen-bond acceptors (Lipinski definition) is 4. The normalized spacial score (nSPS) is 11.3. The molecule has 0 bridgehead atoms. The van der Waals surface area contributed by atoms with E-state index in [1.807, 2.05) is 0 Å². The van der Waals surface area contributed by atoms with E-state index >= 15 is 0 Å². The molecule has 0 aromatic carbocycles. The minimum atomic E-state index is -4.59. The molecule has 0 amide bonds. The maximum Gasteiger partial charge on any atom is 0.433 e. The van der Waals surface area contributed by atoms with Crippen LogP contribution in [0.3, 0.4) is 0 Å². The van der Waals surface area contributed by atoms with Crippen LogP contribution in [0.15, 0.2) is 12.1 Å². The van der Waals surface area contributed by atoms with Crippen LogP contribution in [0.25, 0.3) is 0 Å². The summed E-state index contributed by atoms with van der Waals surface area (Å²) in [6.07, 6.45) is -4.35. The van der Waals surface area contributed by atoms with Gasteiger partial charge in [-0.25, -0.2) is 4.98 Å². The van der Waals surface area contributed by atoms with Crippen molar-refractivity contribution in [1.82, 2.24) is 4.98 Å². The van der Waals surface area contributed by atoms with Gasteiger partial charge in [0.25, 0.3) is 0 Å². The van der Waals surface area contributed by atoms with Crippen LogP contribution in [-0.4, -0.2) is 29.1 Å². The molecular weight excluding hydrogens is 251 g/mol. The maximum atomic E-state index is 12.4. The van der Waals surface area contributed by atoms with E-state index in [0.717, 1.165) is 12.1 Å². The topological polar surface area (TPSA) is 92.2 Å². The van der Waals surface area contributed by atoms with Crippen molar-refractivity contribution < 1.29 is 23.0 Å². The molecule has 8 heteroatoms. The number of nitrogens with two attached hydrogens (primary N) is 1. The number of aromatic nitrogens is 1. The second kappa shape index (κ2) is 5.67. The molecule has 0 saturated carbocycles. The van der Waals surface area contributed by atoms with E-state index in [1.54, 1.807) is 0 Å². The van der Waals surface area contributed by atoms with Crippen molar-refractivity contribution in [2.24, 2.45) is 5.73 Å². The molecule has 1 rings (SSSR count). The number of hydrogen-bond donors (Lipinski definition) is 3. The largest absolute Gasteiger partial charge is 0.477 e. The summed E-state index contributed by atoms with van der Waals surface area (Å²) in [5, 5.41) is 15.8. The average molecular weight is 263 g/mol. The first-order valence-corrected chi connectivity index (χ1v) is 5.02. The molecular formula is C10H12F3N3O2. The molecule has 1 aromatic rings. The number of halogens is 3. The lowest BCUT2D eigenvalue weighted by molar-refractivity contribution is -0.141. The zero-order chi connectivity index (χ0) is 13.8. The van der Waals surface area contributed by atoms with Crippen molar-refractivity contribution in [3.8, 4) is 5.88 Å². The highest BCUT2D eigenvalue weighted by Crippen LogP contribution is 2.30. The van der Waals surface area contributed by atoms with Crippen LogP contribution in [0.4, 0.5) is 13.2 Å². The Bertz CT molecular complexity index is 435. The van der Waals surface area contributed by atoms with Gasteiger partial charge in [-0.1, -0.05) is 0 Å². The molecule has 0 spiro atoms. The molecule has 0 radical (unpaired) electrons. The van der Waals surface area contributed by atoms with Crippen LogP contribution in [0.5, 0.6) is 5.88 Å². The van der Waals surface area contributed by atoms with Crippen molar-refractivity contribution in [2.75, 3.05) is 13.2 Å². The van der Waals surface area contributed by atoms with Crippen LogP contribution >= 0.6 is 0 Å². The summed E-state index contributed by atoms with van der Waals surface area (Å²) in [4.78, 5) is 3.29. The first kappa shape index (κ1) is 14.2. The van der Waals surface area contributed by atoms with Crippen LogP contribution in [0.2, 0.25) is 0 Å². The fraction of sp³-hybridized carbons (Fsp3) is 0.400. The third-order valence-electron chi connectivity index (χ3n) is 1.98. The first-order chi connectivity index (χ1) is 8.36. The Labute approximate surface area is 101 Å². The zero-order valence-electron chi connectivity index (χ0n) is 9.29. The Morgan fingerprint density at radius 1 is 1.44 bits per heavy atom. The Hall–Kier alpha value is -1.83. The second-order valence-corrected chi connectivity index (χ2v) is 3.39. The van der Waals surface area contributed by atoms with Gasteiger partial charge in [-0.2, -0.15) is 13.2 Å². The monoisotopic (exact) mass is 263 g/mol. The van der Waals surface area contributed by atoms with Gasteiger partial charge in [0, 0.05) is 13.0 Å². The van der Waals surface area contributed by atoms with Crippen LogP contribution in [0, 0.1) is 5.41 Å². The van der Waals surface area contributed by atoms with Crippen molar-refractivity contribution in [2.45, 2.75) is 12.6 Å². The highest BCUT2D eigenvalue weighted by molar-refractivity contribution is 5.97. The summed E-state index contributed by atoms with van der Waals surface area (Å²) in [7, 11) is 0. The molecule has 0 unspecified atom stereocenters. The quantitative estimate of drug-likeness (QED) is 0.422. The molecule has 4 N–H and O–H groups in total. The van der Waals surface area contributed by atoms with E-state index in [2.05, 4.69) is 4.98 Å². The molecule has 5 nitrogen and oxygen atoms in total. The molecule has 1 aromatic heterocycles. The molecule has 0 fully saturated rings. The molecule has 0 aliphatic heterocycles. The second-order valence-electron chi connectivity index (χ2n) is 3.39. The van der Waals surface area contributed by atoms with Crippen molar-refractivity contribution in [3.05, 3.63) is 23.4 Å². The van der Waals surface area contributed by atoms with Crippen LogP contribution < -0.4 is 10.5 Å². The highest BCUT2D eigenvalue weighted by atomic mass is 19.4. The number of nitrogen functional groups attached to an aromatic ring is 1. The van der Waals surface area contributed by atoms with Gasteiger partial charge in [-0.05, 0) is 12.1 Å². The van der Waals surface area contributed by atoms with Crippen LogP contribution in [-0.2, 0) is 6.18 Å². The third-order valence-corrected chi connectivity index (χ3v) is 1.98. The number of aliphatic hydroxyl groups excluding tert-OH is 1. The van der Waals surface area contributed by atoms with Gasteiger partial charge in [0.05, 0.1) is 12.2 Å². The van der Waals surface area contributed by atoms with E-state index in [-0.39, 0.29) is 31.1 Å². The number of nitrogens with one attached hydrogen (secondary N) is 1. The van der Waals surface area contributed by atoms with Gasteiger partial charge >= 0.3 is 6.18 Å². The van der Waals surface area contributed by atoms with Crippen molar-refractivity contribution in [3.63, 3.8) is 0 Å². The average Bonchev–Trinajstić information content (AvgIpc) is 2.27. The predicted octanol–water partition coefficient (Wildman–Crippen LogP) is 1.15. The van der Waals surface area contributed by atoms with Gasteiger partial charge < -0.3 is 15.6 Å². The molecule has 18 heavy (non-hydrogen) atoms. The first-order valence-electron chi connectivity index (χ1n) is 5.02. The standard InChI is InChI=1S/C10H12F3N3O2/c11-10(12,13)7-3-2-6(8(14)15)9(16-7)18-5-1-4-17/h2-3,17H,1,4-5H2,(H3,14,15). The van der Waals surface area contributed by atoms with E-state index in [9.17, 15) is 13.2 Å². The molecule has 1 heterocycles. The number of pyridine rings is 1. The van der Waals surface area contributed by atoms with Gasteiger partial charge in [0.1, 0.15) is 11.5 Å². The Morgan fingerprint density at radius 3 is 2.61 bits per heavy atom. The maximum absolute atomic E-state index is 12.4. The molecule has 0 saturated heterocycles. The lowest BCUT2D eigenvalue weighted by atomic mass is 10.2. The fourth-order valence-corrected chi connectivity index (χ4v) is 1.15. The van der Waals surface area contributed by atoms with E-state index in [4.69, 9.17) is 21.0 Å². The highest BCUT2D eigenvalue weighted by Gasteiger charge is 2.33. The third kappa shape index (κ3) is 3.59. The summed E-state index contributed by atoms with van der Waals surface area (Å²) < 4.78 is 42.3. The lowest BCUT2D eigenvalue weighted by Gasteiger charge is -2.12. The smallest absolute Gasteiger partial charge is 0.433 e. The van der Waals surface area contributed by atoms with E-state index in [0.29, 0.717) is 0 Å². The summed E-state index contributed by atoms with van der Waals surface area (Å²) in [5.41, 5.74) is 4.08. The SMILES string of the molecule is N=C(N)c1ccc(C(F)(F)F)nc1OCCCO. The minimum Gasteiger partial charge on any atom is -0.477 e. The number of aliphatic hydroxyl groups is 1. The minimum absolute atomic E-state index is 0.00884. The number of alkyl halides is 3. The van der Waals surface area contributed by atoms with E-state index < -0.39 is 17.7 Å². The van der Waals surface area contributed by atoms with E-state index in [1.165, 1.54) is 0 Å². The number of rotatable bonds is 5. The Balaban J connectivity index is 3.04. The van der Waals surface area contributed by atoms with Gasteiger partial charge in [-0.15, -0.1) is 0 Å². The van der Waals surface area contributed by atoms with Gasteiger partial charge in [0.15, 0.2) is 0 Å². The summed E-state index contributed by atoms with van der Waals surface area (Å²) in [6.45, 7) is -0.167. The van der Waals surface area contributed by atoms with Crippen molar-refractivity contribution in [1.29, 1.82) is 5.41 Å². The number of amidine groups is 1. The molecule has 100 valence electrons. The molecule has 0 aliphatic rings. The predicted molar refractivity (Wildman–Crippen MR) is 57.5 cm³/mol. The number of ether oxygens (including phenoxy) is 1.